The number of piperidine rings is 1. The van der Waals surface area contributed by atoms with Crippen molar-refractivity contribution in [3.63, 3.8) is 0 Å². The van der Waals surface area contributed by atoms with Gasteiger partial charge in [-0.2, -0.15) is 0 Å². The van der Waals surface area contributed by atoms with E-state index < -0.39 is 16.0 Å². The zero-order valence-corrected chi connectivity index (χ0v) is 15.4. The summed E-state index contributed by atoms with van der Waals surface area (Å²) in [4.78, 5) is 11.7. The van der Waals surface area contributed by atoms with Gasteiger partial charge < -0.3 is 14.8 Å². The third kappa shape index (κ3) is 5.05. The van der Waals surface area contributed by atoms with Crippen molar-refractivity contribution < 1.29 is 22.7 Å². The van der Waals surface area contributed by atoms with Gasteiger partial charge in [0.25, 0.3) is 10.0 Å². The van der Waals surface area contributed by atoms with E-state index in [4.69, 9.17) is 4.74 Å². The molecule has 0 saturated carbocycles. The largest absolute Gasteiger partial charge is 0.494 e. The summed E-state index contributed by atoms with van der Waals surface area (Å²) in [6.45, 7) is 2.14. The van der Waals surface area contributed by atoms with E-state index in [1.54, 1.807) is 0 Å². The standard InChI is InChI=1S/C13H20N2O5S2.ClH/c1-19-10-6-11(12(16)20-2)21-13(10)22(17,18)15-8-9-4-3-5-14-7-9;/h6,9,14-15H,3-5,7-8H2,1-2H3;1H. The molecule has 0 radical (unpaired) electrons. The minimum atomic E-state index is -3.72. The van der Waals surface area contributed by atoms with Crippen LogP contribution in [0, 0.1) is 5.92 Å². The van der Waals surface area contributed by atoms with Crippen LogP contribution in [0.5, 0.6) is 5.75 Å². The number of carbonyl (C=O) groups excluding carboxylic acids is 1. The molecule has 1 saturated heterocycles. The predicted molar refractivity (Wildman–Crippen MR) is 90.2 cm³/mol. The van der Waals surface area contributed by atoms with Gasteiger partial charge in [-0.15, -0.1) is 23.7 Å². The van der Waals surface area contributed by atoms with Crippen molar-refractivity contribution in [2.45, 2.75) is 17.1 Å². The highest BCUT2D eigenvalue weighted by Crippen LogP contribution is 2.33. The zero-order valence-electron chi connectivity index (χ0n) is 13.0. The Morgan fingerprint density at radius 1 is 1.48 bits per heavy atom. The van der Waals surface area contributed by atoms with Crippen LogP contribution in [0.4, 0.5) is 0 Å². The highest BCUT2D eigenvalue weighted by molar-refractivity contribution is 7.91. The molecule has 1 atom stereocenters. The van der Waals surface area contributed by atoms with Gasteiger partial charge in [0.2, 0.25) is 0 Å². The van der Waals surface area contributed by atoms with Gasteiger partial charge in [0.1, 0.15) is 4.88 Å². The number of esters is 1. The van der Waals surface area contributed by atoms with Crippen molar-refractivity contribution in [1.29, 1.82) is 0 Å². The topological polar surface area (TPSA) is 93.7 Å². The number of sulfonamides is 1. The van der Waals surface area contributed by atoms with Crippen LogP contribution in [-0.4, -0.2) is 48.2 Å². The molecule has 0 aliphatic carbocycles. The molecule has 1 aromatic heterocycles. The Labute approximate surface area is 146 Å². The fourth-order valence-corrected chi connectivity index (χ4v) is 4.93. The zero-order chi connectivity index (χ0) is 16.2. The first-order chi connectivity index (χ1) is 10.5. The number of methoxy groups -OCH3 is 2. The summed E-state index contributed by atoms with van der Waals surface area (Å²) in [7, 11) is -1.10. The smallest absolute Gasteiger partial charge is 0.348 e. The van der Waals surface area contributed by atoms with Gasteiger partial charge in [0.05, 0.1) is 14.2 Å². The molecule has 10 heteroatoms. The summed E-state index contributed by atoms with van der Waals surface area (Å²) in [5, 5.41) is 3.24. The van der Waals surface area contributed by atoms with Gasteiger partial charge in [0.15, 0.2) is 9.96 Å². The number of rotatable bonds is 6. The van der Waals surface area contributed by atoms with Crippen molar-refractivity contribution in [2.24, 2.45) is 5.92 Å². The number of thiophene rings is 1. The van der Waals surface area contributed by atoms with E-state index in [1.807, 2.05) is 0 Å². The Hall–Kier alpha value is -0.870. The Bertz CT molecular complexity index is 626. The molecule has 23 heavy (non-hydrogen) atoms. The van der Waals surface area contributed by atoms with E-state index in [1.165, 1.54) is 20.3 Å². The highest BCUT2D eigenvalue weighted by Gasteiger charge is 2.27. The maximum atomic E-state index is 12.4. The minimum Gasteiger partial charge on any atom is -0.494 e. The highest BCUT2D eigenvalue weighted by atomic mass is 35.5. The number of ether oxygens (including phenoxy) is 2. The van der Waals surface area contributed by atoms with Crippen LogP contribution in [-0.2, 0) is 14.8 Å². The molecule has 1 aliphatic heterocycles. The van der Waals surface area contributed by atoms with Crippen LogP contribution in [0.15, 0.2) is 10.3 Å². The van der Waals surface area contributed by atoms with Crippen molar-refractivity contribution in [3.05, 3.63) is 10.9 Å². The summed E-state index contributed by atoms with van der Waals surface area (Å²) < 4.78 is 37.1. The first-order valence-electron chi connectivity index (χ1n) is 6.94. The van der Waals surface area contributed by atoms with Crippen LogP contribution < -0.4 is 14.8 Å². The van der Waals surface area contributed by atoms with Crippen molar-refractivity contribution in [2.75, 3.05) is 33.9 Å². The third-order valence-corrected chi connectivity index (χ3v) is 6.51. The fourth-order valence-electron chi connectivity index (χ4n) is 2.28. The van der Waals surface area contributed by atoms with Crippen LogP contribution in [0.1, 0.15) is 22.5 Å². The van der Waals surface area contributed by atoms with E-state index in [2.05, 4.69) is 14.8 Å². The molecule has 1 aliphatic rings. The van der Waals surface area contributed by atoms with Gasteiger partial charge in [-0.25, -0.2) is 17.9 Å². The summed E-state index contributed by atoms with van der Waals surface area (Å²) in [6, 6.07) is 1.38. The molecule has 7 nitrogen and oxygen atoms in total. The Morgan fingerprint density at radius 3 is 2.78 bits per heavy atom. The lowest BCUT2D eigenvalue weighted by molar-refractivity contribution is 0.0606. The number of carbonyl (C=O) groups is 1. The molecule has 0 aromatic carbocycles. The molecule has 0 bridgehead atoms. The van der Waals surface area contributed by atoms with E-state index >= 15 is 0 Å². The van der Waals surface area contributed by atoms with Crippen molar-refractivity contribution in [1.82, 2.24) is 10.0 Å². The van der Waals surface area contributed by atoms with Gasteiger partial charge >= 0.3 is 5.97 Å². The Balaban J connectivity index is 0.00000264. The molecular formula is C13H21ClN2O5S2. The first-order valence-corrected chi connectivity index (χ1v) is 9.24. The molecule has 1 aromatic rings. The molecule has 2 heterocycles. The average molecular weight is 385 g/mol. The van der Waals surface area contributed by atoms with Crippen molar-refractivity contribution in [3.8, 4) is 5.75 Å². The second kappa shape index (κ2) is 8.84. The second-order valence-electron chi connectivity index (χ2n) is 5.02. The Kier molecular flexibility index (Phi) is 7.75. The van der Waals surface area contributed by atoms with E-state index in [9.17, 15) is 13.2 Å². The summed E-state index contributed by atoms with van der Waals surface area (Å²) >= 11 is 0.845. The lowest BCUT2D eigenvalue weighted by atomic mass is 10.0. The van der Waals surface area contributed by atoms with Crippen molar-refractivity contribution >= 4 is 39.7 Å². The van der Waals surface area contributed by atoms with Crippen LogP contribution in [0.25, 0.3) is 0 Å². The van der Waals surface area contributed by atoms with Gasteiger partial charge in [0, 0.05) is 12.6 Å². The third-order valence-electron chi connectivity index (χ3n) is 3.48. The molecule has 1 unspecified atom stereocenters. The summed E-state index contributed by atoms with van der Waals surface area (Å²) in [5.74, 6) is -0.157. The molecular weight excluding hydrogens is 364 g/mol. The van der Waals surface area contributed by atoms with Gasteiger partial charge in [-0.05, 0) is 31.8 Å². The lowest BCUT2D eigenvalue weighted by Gasteiger charge is -2.22. The fraction of sp³-hybridized carbons (Fsp3) is 0.615. The minimum absolute atomic E-state index is 0. The quantitative estimate of drug-likeness (QED) is 0.717. The first kappa shape index (κ1) is 20.2. The SMILES string of the molecule is COC(=O)c1cc(OC)c(S(=O)(=O)NCC2CCCNC2)s1.Cl. The summed E-state index contributed by atoms with van der Waals surface area (Å²) in [5.41, 5.74) is 0. The monoisotopic (exact) mass is 384 g/mol. The maximum Gasteiger partial charge on any atom is 0.348 e. The number of halogens is 1. The van der Waals surface area contributed by atoms with Crippen LogP contribution in [0.3, 0.4) is 0 Å². The van der Waals surface area contributed by atoms with Gasteiger partial charge in [-0.3, -0.25) is 0 Å². The Morgan fingerprint density at radius 2 is 2.22 bits per heavy atom. The molecule has 2 rings (SSSR count). The van der Waals surface area contributed by atoms with E-state index in [-0.39, 0.29) is 33.2 Å². The van der Waals surface area contributed by atoms with E-state index in [0.29, 0.717) is 6.54 Å². The molecule has 0 spiro atoms. The number of hydrogen-bond donors (Lipinski definition) is 2. The second-order valence-corrected chi connectivity index (χ2v) is 8.04. The van der Waals surface area contributed by atoms with E-state index in [0.717, 1.165) is 37.3 Å². The summed E-state index contributed by atoms with van der Waals surface area (Å²) in [6.07, 6.45) is 2.03. The number of nitrogens with one attached hydrogen (secondary N) is 2. The lowest BCUT2D eigenvalue weighted by Crippen LogP contribution is -2.37. The van der Waals surface area contributed by atoms with Crippen LogP contribution >= 0.6 is 23.7 Å². The molecule has 1 fully saturated rings. The molecule has 2 N–H and O–H groups in total. The van der Waals surface area contributed by atoms with Gasteiger partial charge in [-0.1, -0.05) is 0 Å². The average Bonchev–Trinajstić information content (AvgIpc) is 2.98. The van der Waals surface area contributed by atoms with Crippen LogP contribution in [0.2, 0.25) is 0 Å². The molecule has 0 amide bonds. The normalized spacial score (nSPS) is 18.1. The predicted octanol–water partition coefficient (Wildman–Crippen LogP) is 1.24. The number of hydrogen-bond acceptors (Lipinski definition) is 7. The molecule has 132 valence electrons. The maximum absolute atomic E-state index is 12.4.